The molecule has 0 unspecified atom stereocenters. The Balaban J connectivity index is 2.55. The molecule has 4 nitrogen and oxygen atoms in total. The van der Waals surface area contributed by atoms with Gasteiger partial charge in [-0.3, -0.25) is 0 Å². The van der Waals surface area contributed by atoms with Crippen LogP contribution in [-0.4, -0.2) is 13.5 Å². The van der Waals surface area contributed by atoms with Crippen LogP contribution in [0, 0.1) is 11.3 Å². The molecule has 0 saturated carbocycles. The Morgan fingerprint density at radius 2 is 2.00 bits per heavy atom. The summed E-state index contributed by atoms with van der Waals surface area (Å²) in [6.07, 6.45) is 1.34. The largest absolute Gasteiger partial charge is 0.508 e. The molecule has 1 aromatic carbocycles. The summed E-state index contributed by atoms with van der Waals surface area (Å²) in [5, 5.41) is 22.4. The molecule has 6 heteroatoms. The van der Waals surface area contributed by atoms with Crippen molar-refractivity contribution in [3.05, 3.63) is 51.1 Å². The van der Waals surface area contributed by atoms with Crippen LogP contribution in [0.15, 0.2) is 44.8 Å². The van der Waals surface area contributed by atoms with Crippen LogP contribution in [0.4, 0.5) is 0 Å². The van der Waals surface area contributed by atoms with E-state index in [0.717, 1.165) is 0 Å². The van der Waals surface area contributed by atoms with Gasteiger partial charge in [0.15, 0.2) is 0 Å². The number of phenols is 1. The average Bonchev–Trinajstić information content (AvgIpc) is 2.99. The van der Waals surface area contributed by atoms with E-state index < -0.39 is 9.84 Å². The highest BCUT2D eigenvalue weighted by Gasteiger charge is 2.22. The molecule has 0 bridgehead atoms. The Morgan fingerprint density at radius 1 is 1.30 bits per heavy atom. The minimum absolute atomic E-state index is 0.116. The molecule has 2 aromatic rings. The van der Waals surface area contributed by atoms with Crippen LogP contribution in [0.25, 0.3) is 6.08 Å². The Morgan fingerprint density at radius 3 is 2.52 bits per heavy atom. The van der Waals surface area contributed by atoms with E-state index in [-0.39, 0.29) is 21.0 Å². The normalized spacial score (nSPS) is 12.9. The Bertz CT molecular complexity index is 881. The summed E-state index contributed by atoms with van der Waals surface area (Å²) in [6, 6.07) is 8.05. The fourth-order valence-electron chi connectivity index (χ4n) is 2.10. The van der Waals surface area contributed by atoms with Crippen molar-refractivity contribution < 1.29 is 13.5 Å². The Labute approximate surface area is 140 Å². The maximum atomic E-state index is 12.4. The van der Waals surface area contributed by atoms with E-state index >= 15 is 0 Å². The summed E-state index contributed by atoms with van der Waals surface area (Å²) >= 11 is 1.26. The Kier molecular flexibility index (Phi) is 4.64. The van der Waals surface area contributed by atoms with Crippen molar-refractivity contribution in [2.45, 2.75) is 31.1 Å². The first-order valence-electron chi connectivity index (χ1n) is 6.89. The molecule has 0 atom stereocenters. The van der Waals surface area contributed by atoms with Gasteiger partial charge in [-0.05, 0) is 46.2 Å². The third-order valence-corrected chi connectivity index (χ3v) is 5.83. The van der Waals surface area contributed by atoms with Gasteiger partial charge in [-0.25, -0.2) is 8.42 Å². The van der Waals surface area contributed by atoms with Gasteiger partial charge in [0.1, 0.15) is 16.7 Å². The van der Waals surface area contributed by atoms with Gasteiger partial charge in [-0.1, -0.05) is 26.8 Å². The highest BCUT2D eigenvalue weighted by Crippen LogP contribution is 2.32. The number of aromatic hydroxyl groups is 1. The maximum Gasteiger partial charge on any atom is 0.217 e. The fourth-order valence-corrected chi connectivity index (χ4v) is 4.29. The Hall–Kier alpha value is -2.10. The molecule has 1 aromatic heterocycles. The van der Waals surface area contributed by atoms with E-state index in [1.54, 1.807) is 23.6 Å². The molecule has 0 amide bonds. The zero-order valence-corrected chi connectivity index (χ0v) is 14.7. The number of hydrogen-bond acceptors (Lipinski definition) is 5. The van der Waals surface area contributed by atoms with Crippen LogP contribution in [0.5, 0.6) is 5.75 Å². The predicted molar refractivity (Wildman–Crippen MR) is 91.9 cm³/mol. The lowest BCUT2D eigenvalue weighted by Gasteiger charge is -2.20. The first-order chi connectivity index (χ1) is 10.7. The summed E-state index contributed by atoms with van der Waals surface area (Å²) in [5.74, 6) is 0.147. The predicted octanol–water partition coefficient (Wildman–Crippen LogP) is 4.09. The number of nitrogens with zero attached hydrogens (tertiary/aromatic N) is 1. The van der Waals surface area contributed by atoms with E-state index in [0.29, 0.717) is 11.1 Å². The van der Waals surface area contributed by atoms with Crippen LogP contribution in [0.3, 0.4) is 0 Å². The molecule has 0 radical (unpaired) electrons. The number of sulfone groups is 1. The number of allylic oxidation sites excluding steroid dienone is 1. The van der Waals surface area contributed by atoms with Crippen LogP contribution in [-0.2, 0) is 15.3 Å². The second-order valence-electron chi connectivity index (χ2n) is 6.11. The van der Waals surface area contributed by atoms with Crippen molar-refractivity contribution in [3.8, 4) is 11.8 Å². The van der Waals surface area contributed by atoms with Gasteiger partial charge in [-0.2, -0.15) is 16.6 Å². The zero-order valence-electron chi connectivity index (χ0n) is 13.1. The number of phenolic OH excluding ortho intramolecular Hbond substituents is 1. The van der Waals surface area contributed by atoms with E-state index in [1.807, 2.05) is 20.8 Å². The second-order valence-corrected chi connectivity index (χ2v) is 8.81. The lowest BCUT2D eigenvalue weighted by atomic mass is 9.85. The molecule has 23 heavy (non-hydrogen) atoms. The van der Waals surface area contributed by atoms with Gasteiger partial charge in [0.2, 0.25) is 9.84 Å². The van der Waals surface area contributed by atoms with Gasteiger partial charge in [0.25, 0.3) is 0 Å². The number of rotatable bonds is 3. The van der Waals surface area contributed by atoms with Gasteiger partial charge < -0.3 is 5.11 Å². The highest BCUT2D eigenvalue weighted by molar-refractivity contribution is 7.95. The summed E-state index contributed by atoms with van der Waals surface area (Å²) in [6.45, 7) is 5.84. The molecule has 0 aliphatic heterocycles. The number of benzene rings is 1. The standard InChI is InChI=1S/C17H17NO3S2/c1-17(2,3)15-9-12(4-5-16(15)19)8-14(10-18)23(20,21)13-6-7-22-11-13/h4-9,11,19H,1-3H3/b14-8+. The maximum absolute atomic E-state index is 12.4. The molecule has 0 fully saturated rings. The first kappa shape index (κ1) is 17.3. The SMILES string of the molecule is CC(C)(C)c1cc(/C=C(\C#N)S(=O)(=O)c2ccsc2)ccc1O. The molecular weight excluding hydrogens is 330 g/mol. The van der Waals surface area contributed by atoms with E-state index in [4.69, 9.17) is 0 Å². The summed E-state index contributed by atoms with van der Waals surface area (Å²) in [5.41, 5.74) is 0.951. The molecule has 0 aliphatic carbocycles. The molecule has 0 spiro atoms. The monoisotopic (exact) mass is 347 g/mol. The molecule has 1 N–H and O–H groups in total. The average molecular weight is 347 g/mol. The molecule has 1 heterocycles. The first-order valence-corrected chi connectivity index (χ1v) is 9.31. The number of nitriles is 1. The smallest absolute Gasteiger partial charge is 0.217 e. The van der Waals surface area contributed by atoms with Gasteiger partial charge in [-0.15, -0.1) is 0 Å². The molecule has 120 valence electrons. The van der Waals surface area contributed by atoms with Crippen molar-refractivity contribution in [3.63, 3.8) is 0 Å². The van der Waals surface area contributed by atoms with Crippen molar-refractivity contribution in [2.75, 3.05) is 0 Å². The third-order valence-electron chi connectivity index (χ3n) is 3.33. The topological polar surface area (TPSA) is 78.2 Å². The van der Waals surface area contributed by atoms with Crippen LogP contribution in [0.2, 0.25) is 0 Å². The molecule has 0 aliphatic rings. The molecule has 0 saturated heterocycles. The molecule has 2 rings (SSSR count). The van der Waals surface area contributed by atoms with Crippen molar-refractivity contribution in [1.82, 2.24) is 0 Å². The minimum atomic E-state index is -3.82. The van der Waals surface area contributed by atoms with Gasteiger partial charge >= 0.3 is 0 Å². The summed E-state index contributed by atoms with van der Waals surface area (Å²) in [4.78, 5) is -0.202. The second kappa shape index (κ2) is 6.19. The minimum Gasteiger partial charge on any atom is -0.508 e. The summed E-state index contributed by atoms with van der Waals surface area (Å²) in [7, 11) is -3.82. The van der Waals surface area contributed by atoms with Crippen molar-refractivity contribution >= 4 is 27.3 Å². The van der Waals surface area contributed by atoms with E-state index in [9.17, 15) is 18.8 Å². The van der Waals surface area contributed by atoms with E-state index in [1.165, 1.54) is 34.9 Å². The van der Waals surface area contributed by atoms with Crippen LogP contribution >= 0.6 is 11.3 Å². The van der Waals surface area contributed by atoms with Crippen LogP contribution < -0.4 is 0 Å². The van der Waals surface area contributed by atoms with Crippen LogP contribution in [0.1, 0.15) is 31.9 Å². The quantitative estimate of drug-likeness (QED) is 0.848. The fraction of sp³-hybridized carbons (Fsp3) is 0.235. The van der Waals surface area contributed by atoms with Crippen molar-refractivity contribution in [2.24, 2.45) is 0 Å². The summed E-state index contributed by atoms with van der Waals surface area (Å²) < 4.78 is 24.9. The lowest BCUT2D eigenvalue weighted by molar-refractivity contribution is 0.446. The number of thiophene rings is 1. The third kappa shape index (κ3) is 3.63. The highest BCUT2D eigenvalue weighted by atomic mass is 32.2. The zero-order chi connectivity index (χ0) is 17.3. The van der Waals surface area contributed by atoms with Crippen molar-refractivity contribution in [1.29, 1.82) is 5.26 Å². The van der Waals surface area contributed by atoms with Gasteiger partial charge in [0.05, 0.1) is 4.90 Å². The lowest BCUT2D eigenvalue weighted by Crippen LogP contribution is -2.11. The van der Waals surface area contributed by atoms with E-state index in [2.05, 4.69) is 0 Å². The molecular formula is C17H17NO3S2. The van der Waals surface area contributed by atoms with Gasteiger partial charge in [0, 0.05) is 5.38 Å². The number of hydrogen-bond donors (Lipinski definition) is 1.